The van der Waals surface area contributed by atoms with Crippen LogP contribution in [-0.2, 0) is 25.7 Å². The van der Waals surface area contributed by atoms with Gasteiger partial charge in [-0.15, -0.1) is 22.7 Å². The minimum absolute atomic E-state index is 0.000413. The van der Waals surface area contributed by atoms with Crippen molar-refractivity contribution in [2.75, 3.05) is 6.54 Å². The lowest BCUT2D eigenvalue weighted by Gasteiger charge is -2.13. The Morgan fingerprint density at radius 1 is 0.815 bits per heavy atom. The smallest absolute Gasteiger partial charge is 0.253 e. The number of carbonyl (C=O) groups excluding carboxylic acids is 6. The maximum Gasteiger partial charge on any atom is 0.253 e. The molecule has 282 valence electrons. The number of Topliss-reactive ketones (excluding diaryl/α,β-unsaturated/α-hetero) is 2. The van der Waals surface area contributed by atoms with Gasteiger partial charge in [-0.1, -0.05) is 0 Å². The Bertz CT molecular complexity index is 2140. The van der Waals surface area contributed by atoms with E-state index in [1.54, 1.807) is 5.38 Å². The molecule has 2 aromatic heterocycles. The van der Waals surface area contributed by atoms with Gasteiger partial charge in [0, 0.05) is 34.3 Å². The molecule has 0 radical (unpaired) electrons. The first-order valence-electron chi connectivity index (χ1n) is 18.4. The number of nitrogens with one attached hydrogen (secondary N) is 4. The highest BCUT2D eigenvalue weighted by Gasteiger charge is 2.56. The van der Waals surface area contributed by atoms with Gasteiger partial charge in [0.1, 0.15) is 16.4 Å². The van der Waals surface area contributed by atoms with Crippen LogP contribution >= 0.6 is 22.7 Å². The molecule has 0 unspecified atom stereocenters. The summed E-state index contributed by atoms with van der Waals surface area (Å²) in [6.07, 6.45) is 6.43. The number of carbonyl (C=O) groups is 6. The number of nitrogens with zero attached hydrogens (tertiary/aromatic N) is 4. The Morgan fingerprint density at radius 3 is 1.87 bits per heavy atom. The first kappa shape index (κ1) is 36.2. The molecule has 7 N–H and O–H groups in total. The van der Waals surface area contributed by atoms with Crippen molar-refractivity contribution in [3.63, 3.8) is 0 Å². The van der Waals surface area contributed by atoms with Crippen molar-refractivity contribution in [3.8, 4) is 0 Å². The molecule has 2 aromatic rings. The lowest BCUT2D eigenvalue weighted by Crippen LogP contribution is -2.57. The highest BCUT2D eigenvalue weighted by atomic mass is 32.1. The van der Waals surface area contributed by atoms with Crippen LogP contribution in [0, 0.1) is 0 Å². The Morgan fingerprint density at radius 2 is 1.35 bits per heavy atom. The summed E-state index contributed by atoms with van der Waals surface area (Å²) >= 11 is 2.36. The molecule has 0 saturated heterocycles. The van der Waals surface area contributed by atoms with E-state index in [1.807, 2.05) is 13.8 Å². The van der Waals surface area contributed by atoms with Crippen LogP contribution in [0.4, 0.5) is 0 Å². The quantitative estimate of drug-likeness (QED) is 0.177. The van der Waals surface area contributed by atoms with E-state index in [0.29, 0.717) is 27.6 Å². The van der Waals surface area contributed by atoms with Gasteiger partial charge in [0.15, 0.2) is 5.01 Å². The molecule has 8 rings (SSSR count). The lowest BCUT2D eigenvalue weighted by atomic mass is 9.95. The number of amides is 4. The van der Waals surface area contributed by atoms with Crippen LogP contribution in [0.3, 0.4) is 0 Å². The van der Waals surface area contributed by atoms with Crippen molar-refractivity contribution >= 4 is 69.3 Å². The van der Waals surface area contributed by atoms with Crippen LogP contribution in [0.1, 0.15) is 115 Å². The Kier molecular flexibility index (Phi) is 9.29. The van der Waals surface area contributed by atoms with Gasteiger partial charge in [0.05, 0.1) is 48.2 Å². The topological polar surface area (TPSA) is 229 Å². The molecular formula is C37H42N9O6S2+. The third-order valence-corrected chi connectivity index (χ3v) is 12.9. The summed E-state index contributed by atoms with van der Waals surface area (Å²) in [5.74, 6) is -1.72. The summed E-state index contributed by atoms with van der Waals surface area (Å²) in [7, 11) is 0. The number of quaternary nitrogens is 1. The van der Waals surface area contributed by atoms with Crippen LogP contribution in [0.5, 0.6) is 0 Å². The summed E-state index contributed by atoms with van der Waals surface area (Å²) in [4.78, 5) is 96.2. The largest absolute Gasteiger partial charge is 0.349 e. The summed E-state index contributed by atoms with van der Waals surface area (Å²) < 4.78 is 0. The van der Waals surface area contributed by atoms with Gasteiger partial charge < -0.3 is 27.0 Å². The molecule has 6 aliphatic rings. The van der Waals surface area contributed by atoms with Gasteiger partial charge in [0.25, 0.3) is 11.8 Å². The van der Waals surface area contributed by atoms with Gasteiger partial charge in [-0.2, -0.15) is 0 Å². The zero-order valence-corrected chi connectivity index (χ0v) is 31.8. The molecule has 17 heteroatoms. The SMILES string of the molecule is C[C@H]1CCC(C2=C(CC(=O)NCC(=O)c3csc([C@@H]([NH3+])C(=O)c4csc(CNC(=O)CC5=C(C6=N[C@@H](C)CC6)C(=O)NC56CC6)n4)n3)C3(CC3)NC2=O)=N1. The van der Waals surface area contributed by atoms with Gasteiger partial charge in [-0.25, -0.2) is 9.97 Å². The van der Waals surface area contributed by atoms with Crippen LogP contribution < -0.4 is 27.0 Å². The van der Waals surface area contributed by atoms with Crippen LogP contribution in [0.25, 0.3) is 0 Å². The second-order valence-electron chi connectivity index (χ2n) is 15.2. The van der Waals surface area contributed by atoms with Crippen molar-refractivity contribution in [1.29, 1.82) is 0 Å². The zero-order valence-electron chi connectivity index (χ0n) is 30.1. The molecule has 4 aliphatic heterocycles. The van der Waals surface area contributed by atoms with E-state index in [9.17, 15) is 28.8 Å². The second-order valence-corrected chi connectivity index (χ2v) is 17.0. The van der Waals surface area contributed by atoms with E-state index >= 15 is 0 Å². The molecular weight excluding hydrogens is 731 g/mol. The molecule has 2 fully saturated rings. The summed E-state index contributed by atoms with van der Waals surface area (Å²) in [5, 5.41) is 15.7. The molecule has 6 heterocycles. The highest BCUT2D eigenvalue weighted by molar-refractivity contribution is 7.10. The fraction of sp³-hybridized carbons (Fsp3) is 0.514. The third-order valence-electron chi connectivity index (χ3n) is 11.1. The number of ketones is 2. The van der Waals surface area contributed by atoms with Gasteiger partial charge in [-0.05, 0) is 76.4 Å². The standard InChI is InChI=1S/C37H41N9O6S2/c1-17-3-5-21(41-17)29-19(36(7-8-36)45-33(29)51)11-26(48)39-13-25(47)23-15-54-35(44-23)31(38)32(50)24-16-53-28(43-24)14-40-27(49)12-20-30(22-6-4-18(2)42-22)34(52)46-37(20)9-10-37/h15-18,31H,3-14,38H2,1-2H3,(H,39,48)(H,40,49)(H,45,51)(H,46,52)/p+1/t17-,18-,31-/m0/s1. The van der Waals surface area contributed by atoms with Crippen molar-refractivity contribution < 1.29 is 34.5 Å². The summed E-state index contributed by atoms with van der Waals surface area (Å²) in [6.45, 7) is 3.86. The minimum Gasteiger partial charge on any atom is -0.349 e. The molecule has 0 bridgehead atoms. The van der Waals surface area contributed by atoms with Gasteiger partial charge >= 0.3 is 0 Å². The number of rotatable bonds is 14. The Labute approximate surface area is 318 Å². The number of hydrogen-bond donors (Lipinski definition) is 5. The molecule has 4 amide bonds. The maximum absolute atomic E-state index is 13.3. The average Bonchev–Trinajstić information content (AvgIpc) is 3.57. The number of aliphatic imine (C=N–C) groups is 2. The number of aromatic nitrogens is 2. The lowest BCUT2D eigenvalue weighted by molar-refractivity contribution is -0.404. The fourth-order valence-electron chi connectivity index (χ4n) is 7.81. The van der Waals surface area contributed by atoms with Crippen molar-refractivity contribution in [2.24, 2.45) is 9.98 Å². The van der Waals surface area contributed by atoms with Gasteiger partial charge in [-0.3, -0.25) is 38.8 Å². The Hall–Kier alpha value is -4.74. The molecule has 2 spiro atoms. The van der Waals surface area contributed by atoms with E-state index in [-0.39, 0.29) is 78.8 Å². The monoisotopic (exact) mass is 772 g/mol. The van der Waals surface area contributed by atoms with Crippen LogP contribution in [0.2, 0.25) is 0 Å². The van der Waals surface area contributed by atoms with Crippen LogP contribution in [-0.4, -0.2) is 86.3 Å². The van der Waals surface area contributed by atoms with E-state index in [2.05, 4.69) is 47.0 Å². The van der Waals surface area contributed by atoms with Gasteiger partial charge in [0.2, 0.25) is 29.4 Å². The highest BCUT2D eigenvalue weighted by Crippen LogP contribution is 2.50. The number of hydrogen-bond acceptors (Lipinski definition) is 12. The van der Waals surface area contributed by atoms with Crippen LogP contribution in [0.15, 0.2) is 43.0 Å². The molecule has 0 aromatic carbocycles. The molecule has 15 nitrogen and oxygen atoms in total. The Balaban J connectivity index is 0.839. The zero-order chi connectivity index (χ0) is 37.9. The van der Waals surface area contributed by atoms with E-state index in [0.717, 1.165) is 78.9 Å². The second kappa shape index (κ2) is 13.8. The average molecular weight is 773 g/mol. The van der Waals surface area contributed by atoms with Crippen molar-refractivity contribution in [3.05, 3.63) is 54.5 Å². The van der Waals surface area contributed by atoms with Crippen molar-refractivity contribution in [1.82, 2.24) is 31.2 Å². The first-order valence-corrected chi connectivity index (χ1v) is 20.2. The molecule has 2 aliphatic carbocycles. The fourth-order valence-corrected chi connectivity index (χ4v) is 9.38. The summed E-state index contributed by atoms with van der Waals surface area (Å²) in [5.41, 5.74) is 7.60. The maximum atomic E-state index is 13.3. The molecule has 3 atom stereocenters. The van der Waals surface area contributed by atoms with E-state index < -0.39 is 22.9 Å². The van der Waals surface area contributed by atoms with Crippen molar-refractivity contribution in [2.45, 2.75) is 114 Å². The predicted molar refractivity (Wildman–Crippen MR) is 199 cm³/mol. The molecule has 54 heavy (non-hydrogen) atoms. The minimum atomic E-state index is -0.918. The van der Waals surface area contributed by atoms with E-state index in [4.69, 9.17) is 0 Å². The first-order chi connectivity index (χ1) is 25.8. The normalized spacial score (nSPS) is 23.8. The predicted octanol–water partition coefficient (Wildman–Crippen LogP) is 1.63. The van der Waals surface area contributed by atoms with E-state index in [1.165, 1.54) is 16.7 Å². The number of thiazole rings is 2. The third kappa shape index (κ3) is 6.88. The summed E-state index contributed by atoms with van der Waals surface area (Å²) in [6, 6.07) is -0.616. The molecule has 2 saturated carbocycles.